The third kappa shape index (κ3) is 2.66. The molecule has 2 atom stereocenters. The molecule has 124 valence electrons. The largest absolute Gasteiger partial charge is 0.480 e. The quantitative estimate of drug-likeness (QED) is 0.835. The molecular formula is C14H16N2O6S. The first-order valence-electron chi connectivity index (χ1n) is 7.17. The van der Waals surface area contributed by atoms with Gasteiger partial charge >= 0.3 is 5.97 Å². The second-order valence-corrected chi connectivity index (χ2v) is 7.41. The van der Waals surface area contributed by atoms with Crippen LogP contribution in [0, 0.1) is 0 Å². The van der Waals surface area contributed by atoms with Gasteiger partial charge in [-0.15, -0.1) is 0 Å². The van der Waals surface area contributed by atoms with Gasteiger partial charge < -0.3 is 15.2 Å². The van der Waals surface area contributed by atoms with Crippen LogP contribution in [0.1, 0.15) is 19.8 Å². The summed E-state index contributed by atoms with van der Waals surface area (Å²) in [5, 5.41) is 11.8. The van der Waals surface area contributed by atoms with E-state index < -0.39 is 28.1 Å². The van der Waals surface area contributed by atoms with Crippen LogP contribution in [0.2, 0.25) is 0 Å². The van der Waals surface area contributed by atoms with Crippen LogP contribution in [0.5, 0.6) is 5.75 Å². The number of hydrogen-bond acceptors (Lipinski definition) is 5. The van der Waals surface area contributed by atoms with Gasteiger partial charge in [0.15, 0.2) is 6.10 Å². The van der Waals surface area contributed by atoms with Gasteiger partial charge in [-0.05, 0) is 38.0 Å². The Balaban J connectivity index is 1.97. The van der Waals surface area contributed by atoms with E-state index >= 15 is 0 Å². The van der Waals surface area contributed by atoms with Gasteiger partial charge in [-0.1, -0.05) is 0 Å². The first-order valence-corrected chi connectivity index (χ1v) is 8.61. The van der Waals surface area contributed by atoms with Crippen LogP contribution in [-0.2, 0) is 19.6 Å². The Morgan fingerprint density at radius 3 is 2.87 bits per heavy atom. The van der Waals surface area contributed by atoms with E-state index in [2.05, 4.69) is 5.32 Å². The van der Waals surface area contributed by atoms with E-state index in [1.54, 1.807) is 6.92 Å². The minimum atomic E-state index is -3.95. The number of sulfonamides is 1. The van der Waals surface area contributed by atoms with Gasteiger partial charge in [-0.25, -0.2) is 8.42 Å². The fourth-order valence-electron chi connectivity index (χ4n) is 2.76. The minimum absolute atomic E-state index is 0.0668. The van der Waals surface area contributed by atoms with E-state index in [9.17, 15) is 18.0 Å². The van der Waals surface area contributed by atoms with Crippen molar-refractivity contribution in [2.45, 2.75) is 36.8 Å². The van der Waals surface area contributed by atoms with Crippen molar-refractivity contribution in [1.82, 2.24) is 4.31 Å². The molecule has 23 heavy (non-hydrogen) atoms. The lowest BCUT2D eigenvalue weighted by molar-refractivity contribution is -0.140. The van der Waals surface area contributed by atoms with Crippen LogP contribution in [0.15, 0.2) is 23.1 Å². The average molecular weight is 340 g/mol. The summed E-state index contributed by atoms with van der Waals surface area (Å²) in [7, 11) is -3.95. The lowest BCUT2D eigenvalue weighted by atomic mass is 10.2. The number of aliphatic carboxylic acids is 1. The van der Waals surface area contributed by atoms with Gasteiger partial charge in [-0.3, -0.25) is 9.59 Å². The summed E-state index contributed by atoms with van der Waals surface area (Å²) in [5.74, 6) is -1.14. The maximum Gasteiger partial charge on any atom is 0.322 e. The lowest BCUT2D eigenvalue weighted by Gasteiger charge is -2.25. The number of amides is 1. The number of nitrogens with one attached hydrogen (secondary N) is 1. The highest BCUT2D eigenvalue weighted by Gasteiger charge is 2.40. The van der Waals surface area contributed by atoms with Gasteiger partial charge in [0.1, 0.15) is 11.8 Å². The molecule has 0 saturated carbocycles. The summed E-state index contributed by atoms with van der Waals surface area (Å²) in [4.78, 5) is 22.8. The van der Waals surface area contributed by atoms with E-state index in [0.717, 1.165) is 4.31 Å². The van der Waals surface area contributed by atoms with E-state index in [1.807, 2.05) is 0 Å². The predicted molar refractivity (Wildman–Crippen MR) is 79.7 cm³/mol. The van der Waals surface area contributed by atoms with Crippen molar-refractivity contribution < 1.29 is 27.9 Å². The van der Waals surface area contributed by atoms with Gasteiger partial charge in [0.25, 0.3) is 5.91 Å². The highest BCUT2D eigenvalue weighted by molar-refractivity contribution is 7.89. The number of rotatable bonds is 3. The summed E-state index contributed by atoms with van der Waals surface area (Å²) < 4.78 is 31.8. The summed E-state index contributed by atoms with van der Waals surface area (Å²) >= 11 is 0. The molecule has 1 amide bonds. The number of anilines is 1. The molecule has 0 unspecified atom stereocenters. The molecule has 1 aromatic rings. The third-order valence-corrected chi connectivity index (χ3v) is 5.88. The van der Waals surface area contributed by atoms with Crippen LogP contribution in [0.25, 0.3) is 0 Å². The monoisotopic (exact) mass is 340 g/mol. The topological polar surface area (TPSA) is 113 Å². The number of benzene rings is 1. The second kappa shape index (κ2) is 5.50. The Morgan fingerprint density at radius 2 is 2.17 bits per heavy atom. The normalized spacial score (nSPS) is 24.7. The molecule has 0 bridgehead atoms. The second-order valence-electron chi connectivity index (χ2n) is 5.52. The number of hydrogen-bond donors (Lipinski definition) is 2. The molecule has 3 rings (SSSR count). The highest BCUT2D eigenvalue weighted by atomic mass is 32.2. The molecular weight excluding hydrogens is 324 g/mol. The molecule has 2 N–H and O–H groups in total. The van der Waals surface area contributed by atoms with Crippen molar-refractivity contribution in [2.24, 2.45) is 0 Å². The van der Waals surface area contributed by atoms with Crippen LogP contribution in [-0.4, -0.2) is 48.4 Å². The maximum absolute atomic E-state index is 12.7. The number of nitrogens with zero attached hydrogens (tertiary/aromatic N) is 1. The lowest BCUT2D eigenvalue weighted by Crippen LogP contribution is -2.40. The Hall–Kier alpha value is -2.13. The fourth-order valence-corrected chi connectivity index (χ4v) is 4.44. The number of carbonyl (C=O) groups excluding carboxylic acids is 1. The number of fused-ring (bicyclic) bond motifs is 1. The number of carboxylic acid groups (broad SMARTS) is 1. The van der Waals surface area contributed by atoms with Crippen LogP contribution in [0.3, 0.4) is 0 Å². The molecule has 1 aromatic carbocycles. The van der Waals surface area contributed by atoms with E-state index in [4.69, 9.17) is 9.84 Å². The van der Waals surface area contributed by atoms with Crippen LogP contribution in [0.4, 0.5) is 5.69 Å². The van der Waals surface area contributed by atoms with Crippen LogP contribution >= 0.6 is 0 Å². The number of carbonyl (C=O) groups is 2. The SMILES string of the molecule is C[C@@H]1Oc2ccc(S(=O)(=O)N3CCC[C@@H]3C(=O)O)cc2NC1=O. The Kier molecular flexibility index (Phi) is 3.77. The summed E-state index contributed by atoms with van der Waals surface area (Å²) in [6.07, 6.45) is 0.134. The molecule has 0 aliphatic carbocycles. The molecule has 0 spiro atoms. The average Bonchev–Trinajstić information content (AvgIpc) is 2.98. The molecule has 0 radical (unpaired) electrons. The molecule has 2 aliphatic heterocycles. The summed E-state index contributed by atoms with van der Waals surface area (Å²) in [6, 6.07) is 3.06. The van der Waals surface area contributed by atoms with Crippen molar-refractivity contribution in [1.29, 1.82) is 0 Å². The summed E-state index contributed by atoms with van der Waals surface area (Å²) in [6.45, 7) is 1.75. The van der Waals surface area contributed by atoms with Gasteiger partial charge in [0.2, 0.25) is 10.0 Å². The van der Waals surface area contributed by atoms with Crippen molar-refractivity contribution in [3.8, 4) is 5.75 Å². The van der Waals surface area contributed by atoms with Crippen molar-refractivity contribution in [3.05, 3.63) is 18.2 Å². The maximum atomic E-state index is 12.7. The van der Waals surface area contributed by atoms with Crippen molar-refractivity contribution >= 4 is 27.6 Å². The molecule has 1 fully saturated rings. The standard InChI is InChI=1S/C14H16N2O6S/c1-8-13(17)15-10-7-9(4-5-12(10)22-8)23(20,21)16-6-2-3-11(16)14(18)19/h4-5,7-8,11H,2-3,6H2,1H3,(H,15,17)(H,18,19)/t8-,11+/m0/s1. The van der Waals surface area contributed by atoms with E-state index in [1.165, 1.54) is 18.2 Å². The van der Waals surface area contributed by atoms with Gasteiger partial charge in [0.05, 0.1) is 10.6 Å². The zero-order valence-corrected chi connectivity index (χ0v) is 13.2. The van der Waals surface area contributed by atoms with Gasteiger partial charge in [0, 0.05) is 6.54 Å². The predicted octanol–water partition coefficient (Wildman–Crippen LogP) is 0.644. The minimum Gasteiger partial charge on any atom is -0.480 e. The zero-order valence-electron chi connectivity index (χ0n) is 12.4. The van der Waals surface area contributed by atoms with Crippen molar-refractivity contribution in [3.63, 3.8) is 0 Å². The fraction of sp³-hybridized carbons (Fsp3) is 0.429. The molecule has 1 saturated heterocycles. The van der Waals surface area contributed by atoms with E-state index in [-0.39, 0.29) is 29.5 Å². The van der Waals surface area contributed by atoms with E-state index in [0.29, 0.717) is 12.2 Å². The van der Waals surface area contributed by atoms with Gasteiger partial charge in [-0.2, -0.15) is 4.31 Å². The Bertz CT molecular complexity index is 775. The molecule has 9 heteroatoms. The first-order chi connectivity index (χ1) is 10.8. The first kappa shape index (κ1) is 15.8. The highest BCUT2D eigenvalue weighted by Crippen LogP contribution is 2.34. The smallest absolute Gasteiger partial charge is 0.322 e. The molecule has 0 aromatic heterocycles. The molecule has 2 aliphatic rings. The van der Waals surface area contributed by atoms with Crippen LogP contribution < -0.4 is 10.1 Å². The Labute approximate surface area is 133 Å². The number of carboxylic acids is 1. The molecule has 8 nitrogen and oxygen atoms in total. The summed E-state index contributed by atoms with van der Waals surface area (Å²) in [5.41, 5.74) is 0.264. The Morgan fingerprint density at radius 1 is 1.43 bits per heavy atom. The third-order valence-electron chi connectivity index (χ3n) is 3.98. The molecule has 2 heterocycles. The van der Waals surface area contributed by atoms with Crippen molar-refractivity contribution in [2.75, 3.05) is 11.9 Å². The zero-order chi connectivity index (χ0) is 16.8. The number of ether oxygens (including phenoxy) is 1.